The Labute approximate surface area is 131 Å². The molecular weight excluding hydrogens is 284 g/mol. The predicted molar refractivity (Wildman–Crippen MR) is 86.7 cm³/mol. The summed E-state index contributed by atoms with van der Waals surface area (Å²) in [6.07, 6.45) is 2.43. The molecule has 1 aromatic heterocycles. The lowest BCUT2D eigenvalue weighted by molar-refractivity contribution is 0.402. The number of rotatable bonds is 5. The maximum Gasteiger partial charge on any atom is 0.138 e. The van der Waals surface area contributed by atoms with E-state index < -0.39 is 0 Å². The Morgan fingerprint density at radius 2 is 2.10 bits per heavy atom. The number of hydrogen-bond acceptors (Lipinski definition) is 3. The molecule has 0 radical (unpaired) electrons. The van der Waals surface area contributed by atoms with E-state index in [9.17, 15) is 0 Å². The Bertz CT molecular complexity index is 586. The van der Waals surface area contributed by atoms with Gasteiger partial charge in [-0.25, -0.2) is 4.98 Å². The molecule has 5 heteroatoms. The van der Waals surface area contributed by atoms with Gasteiger partial charge in [0.25, 0.3) is 0 Å². The van der Waals surface area contributed by atoms with Crippen LogP contribution in [0.2, 0.25) is 5.02 Å². The lowest BCUT2D eigenvalue weighted by Crippen LogP contribution is -2.39. The van der Waals surface area contributed by atoms with Crippen molar-refractivity contribution in [2.75, 3.05) is 6.54 Å². The molecule has 0 saturated heterocycles. The van der Waals surface area contributed by atoms with Crippen LogP contribution in [0.3, 0.4) is 0 Å². The number of nitrogens with one attached hydrogen (secondary N) is 1. The Balaban J connectivity index is 2.19. The van der Waals surface area contributed by atoms with Crippen LogP contribution in [-0.2, 0) is 13.5 Å². The van der Waals surface area contributed by atoms with Crippen LogP contribution >= 0.6 is 11.6 Å². The van der Waals surface area contributed by atoms with Crippen molar-refractivity contribution in [1.82, 2.24) is 20.1 Å². The first-order chi connectivity index (χ1) is 9.85. The third kappa shape index (κ3) is 4.83. The molecule has 1 aromatic carbocycles. The predicted octanol–water partition coefficient (Wildman–Crippen LogP) is 3.18. The molecule has 2 rings (SSSR count). The Morgan fingerprint density at radius 1 is 1.33 bits per heavy atom. The highest BCUT2D eigenvalue weighted by molar-refractivity contribution is 6.30. The SMILES string of the molecule is Cn1ncnc1CC(CNC(C)(C)C)c1cccc(Cl)c1. The van der Waals surface area contributed by atoms with Crippen molar-refractivity contribution >= 4 is 11.6 Å². The van der Waals surface area contributed by atoms with E-state index in [-0.39, 0.29) is 5.54 Å². The van der Waals surface area contributed by atoms with Crippen LogP contribution in [0.25, 0.3) is 0 Å². The molecule has 0 fully saturated rings. The zero-order valence-electron chi connectivity index (χ0n) is 13.1. The molecule has 1 unspecified atom stereocenters. The number of aryl methyl sites for hydroxylation is 1. The standard InChI is InChI=1S/C16H23ClN4/c1-16(2,3)19-10-13(9-15-18-11-20-21(15)4)12-6-5-7-14(17)8-12/h5-8,11,13,19H,9-10H2,1-4H3. The normalized spacial score (nSPS) is 13.4. The van der Waals surface area contributed by atoms with E-state index in [1.807, 2.05) is 29.9 Å². The Morgan fingerprint density at radius 3 is 2.67 bits per heavy atom. The second kappa shape index (κ2) is 6.58. The zero-order valence-corrected chi connectivity index (χ0v) is 13.9. The Kier molecular flexibility index (Phi) is 5.01. The third-order valence-electron chi connectivity index (χ3n) is 3.43. The van der Waals surface area contributed by atoms with Crippen molar-refractivity contribution in [3.05, 3.63) is 47.0 Å². The molecule has 0 aliphatic rings. The fraction of sp³-hybridized carbons (Fsp3) is 0.500. The molecule has 1 atom stereocenters. The summed E-state index contributed by atoms with van der Waals surface area (Å²) < 4.78 is 1.83. The quantitative estimate of drug-likeness (QED) is 0.922. The maximum atomic E-state index is 6.14. The number of halogens is 1. The van der Waals surface area contributed by atoms with Gasteiger partial charge in [-0.1, -0.05) is 23.7 Å². The molecule has 1 heterocycles. The highest BCUT2D eigenvalue weighted by atomic mass is 35.5. The molecule has 4 nitrogen and oxygen atoms in total. The van der Waals surface area contributed by atoms with E-state index in [0.29, 0.717) is 5.92 Å². The van der Waals surface area contributed by atoms with Gasteiger partial charge in [0.1, 0.15) is 12.2 Å². The number of hydrogen-bond donors (Lipinski definition) is 1. The molecule has 0 aliphatic heterocycles. The summed E-state index contributed by atoms with van der Waals surface area (Å²) in [6, 6.07) is 8.06. The summed E-state index contributed by atoms with van der Waals surface area (Å²) in [5.74, 6) is 1.29. The summed E-state index contributed by atoms with van der Waals surface area (Å²) in [6.45, 7) is 7.38. The van der Waals surface area contributed by atoms with Gasteiger partial charge in [-0.3, -0.25) is 4.68 Å². The van der Waals surface area contributed by atoms with Gasteiger partial charge in [-0.15, -0.1) is 0 Å². The fourth-order valence-electron chi connectivity index (χ4n) is 2.22. The third-order valence-corrected chi connectivity index (χ3v) is 3.67. The van der Waals surface area contributed by atoms with Crippen molar-refractivity contribution in [1.29, 1.82) is 0 Å². The van der Waals surface area contributed by atoms with Crippen LogP contribution in [0, 0.1) is 0 Å². The largest absolute Gasteiger partial charge is 0.311 e. The summed E-state index contributed by atoms with van der Waals surface area (Å²) in [7, 11) is 1.93. The molecule has 114 valence electrons. The summed E-state index contributed by atoms with van der Waals surface area (Å²) in [4.78, 5) is 4.34. The topological polar surface area (TPSA) is 42.7 Å². The first-order valence-corrected chi connectivity index (χ1v) is 7.56. The van der Waals surface area contributed by atoms with Crippen molar-refractivity contribution in [2.24, 2.45) is 7.05 Å². The average Bonchev–Trinajstić information content (AvgIpc) is 2.79. The minimum absolute atomic E-state index is 0.0801. The lowest BCUT2D eigenvalue weighted by Gasteiger charge is -2.25. The van der Waals surface area contributed by atoms with Gasteiger partial charge >= 0.3 is 0 Å². The highest BCUT2D eigenvalue weighted by Crippen LogP contribution is 2.23. The van der Waals surface area contributed by atoms with Gasteiger partial charge in [0.2, 0.25) is 0 Å². The summed E-state index contributed by atoms with van der Waals surface area (Å²) in [5, 5.41) is 8.49. The minimum Gasteiger partial charge on any atom is -0.311 e. The first kappa shape index (κ1) is 16.0. The van der Waals surface area contributed by atoms with Crippen molar-refractivity contribution in [3.8, 4) is 0 Å². The van der Waals surface area contributed by atoms with Crippen molar-refractivity contribution in [3.63, 3.8) is 0 Å². The van der Waals surface area contributed by atoms with Gasteiger partial charge in [0, 0.05) is 36.5 Å². The maximum absolute atomic E-state index is 6.14. The van der Waals surface area contributed by atoms with Crippen LogP contribution < -0.4 is 5.32 Å². The van der Waals surface area contributed by atoms with Crippen LogP contribution in [0.4, 0.5) is 0 Å². The van der Waals surface area contributed by atoms with Crippen molar-refractivity contribution < 1.29 is 0 Å². The monoisotopic (exact) mass is 306 g/mol. The fourth-order valence-corrected chi connectivity index (χ4v) is 2.42. The van der Waals surface area contributed by atoms with Gasteiger partial charge in [-0.2, -0.15) is 5.10 Å². The van der Waals surface area contributed by atoms with Crippen molar-refractivity contribution in [2.45, 2.75) is 38.6 Å². The summed E-state index contributed by atoms with van der Waals surface area (Å²) in [5.41, 5.74) is 1.30. The minimum atomic E-state index is 0.0801. The van der Waals surface area contributed by atoms with E-state index in [0.717, 1.165) is 23.8 Å². The van der Waals surface area contributed by atoms with Crippen LogP contribution in [-0.4, -0.2) is 26.8 Å². The second-order valence-electron chi connectivity index (χ2n) is 6.39. The van der Waals surface area contributed by atoms with Gasteiger partial charge in [0.05, 0.1) is 0 Å². The second-order valence-corrected chi connectivity index (χ2v) is 6.82. The van der Waals surface area contributed by atoms with E-state index in [4.69, 9.17) is 11.6 Å². The van der Waals surface area contributed by atoms with Crippen LogP contribution in [0.15, 0.2) is 30.6 Å². The molecule has 0 spiro atoms. The van der Waals surface area contributed by atoms with Crippen LogP contribution in [0.5, 0.6) is 0 Å². The van der Waals surface area contributed by atoms with E-state index >= 15 is 0 Å². The van der Waals surface area contributed by atoms with E-state index in [1.54, 1.807) is 6.33 Å². The molecule has 1 N–H and O–H groups in total. The average molecular weight is 307 g/mol. The molecule has 0 bridgehead atoms. The van der Waals surface area contributed by atoms with Gasteiger partial charge < -0.3 is 5.32 Å². The summed E-state index contributed by atoms with van der Waals surface area (Å²) >= 11 is 6.14. The first-order valence-electron chi connectivity index (χ1n) is 7.18. The number of nitrogens with zero attached hydrogens (tertiary/aromatic N) is 3. The molecular formula is C16H23ClN4. The van der Waals surface area contributed by atoms with E-state index in [2.05, 4.69) is 42.2 Å². The number of benzene rings is 1. The van der Waals surface area contributed by atoms with Gasteiger partial charge in [0.15, 0.2) is 0 Å². The van der Waals surface area contributed by atoms with E-state index in [1.165, 1.54) is 5.56 Å². The number of aromatic nitrogens is 3. The molecule has 21 heavy (non-hydrogen) atoms. The molecule has 2 aromatic rings. The molecule has 0 amide bonds. The van der Waals surface area contributed by atoms with Crippen LogP contribution in [0.1, 0.15) is 38.1 Å². The molecule has 0 aliphatic carbocycles. The Hall–Kier alpha value is -1.39. The highest BCUT2D eigenvalue weighted by Gasteiger charge is 2.18. The lowest BCUT2D eigenvalue weighted by atomic mass is 9.94. The molecule has 0 saturated carbocycles. The smallest absolute Gasteiger partial charge is 0.138 e. The zero-order chi connectivity index (χ0) is 15.5. The van der Waals surface area contributed by atoms with Gasteiger partial charge in [-0.05, 0) is 38.5 Å².